The van der Waals surface area contributed by atoms with Crippen LogP contribution >= 0.6 is 11.6 Å². The summed E-state index contributed by atoms with van der Waals surface area (Å²) in [7, 11) is 0. The largest absolute Gasteiger partial charge is 0.376 e. The number of hydrogen-bond acceptors (Lipinski definition) is 7. The summed E-state index contributed by atoms with van der Waals surface area (Å²) in [6.45, 7) is 1.19. The average molecular weight is 350 g/mol. The average Bonchev–Trinajstić information content (AvgIpc) is 3.08. The Morgan fingerprint density at radius 3 is 2.71 bits per heavy atom. The number of nitrogens with zero attached hydrogens (tertiary/aromatic N) is 3. The number of halogens is 1. The number of nitrogens with one attached hydrogen (secondary N) is 2. The Hall–Kier alpha value is -2.45. The predicted octanol–water partition coefficient (Wildman–Crippen LogP) is 3.37. The van der Waals surface area contributed by atoms with Crippen molar-refractivity contribution in [1.29, 1.82) is 0 Å². The van der Waals surface area contributed by atoms with Crippen LogP contribution in [0.1, 0.15) is 12.8 Å². The molecule has 1 aliphatic heterocycles. The smallest absolute Gasteiger partial charge is 0.353 e. The van der Waals surface area contributed by atoms with Crippen molar-refractivity contribution in [2.45, 2.75) is 18.9 Å². The zero-order chi connectivity index (χ0) is 16.9. The minimum atomic E-state index is -0.504. The summed E-state index contributed by atoms with van der Waals surface area (Å²) in [5, 5.41) is 18.0. The van der Waals surface area contributed by atoms with E-state index in [4.69, 9.17) is 16.3 Å². The third-order valence-corrected chi connectivity index (χ3v) is 3.88. The molecule has 1 unspecified atom stereocenters. The Kier molecular flexibility index (Phi) is 5.07. The van der Waals surface area contributed by atoms with Crippen LogP contribution in [0.15, 0.2) is 30.6 Å². The van der Waals surface area contributed by atoms with Gasteiger partial charge in [-0.3, -0.25) is 10.1 Å². The topological polar surface area (TPSA) is 102 Å². The van der Waals surface area contributed by atoms with Gasteiger partial charge in [-0.05, 0) is 37.1 Å². The summed E-state index contributed by atoms with van der Waals surface area (Å²) in [5.41, 5.74) is 0.441. The lowest BCUT2D eigenvalue weighted by Crippen LogP contribution is -2.20. The molecular weight excluding hydrogens is 334 g/mol. The highest BCUT2D eigenvalue weighted by Crippen LogP contribution is 2.31. The molecule has 1 atom stereocenters. The molecule has 0 spiro atoms. The van der Waals surface area contributed by atoms with Gasteiger partial charge < -0.3 is 15.4 Å². The van der Waals surface area contributed by atoms with Gasteiger partial charge in [-0.25, -0.2) is 9.97 Å². The van der Waals surface area contributed by atoms with Gasteiger partial charge in [0.2, 0.25) is 11.6 Å². The van der Waals surface area contributed by atoms with E-state index in [9.17, 15) is 10.1 Å². The molecule has 0 bridgehead atoms. The predicted molar refractivity (Wildman–Crippen MR) is 90.9 cm³/mol. The Morgan fingerprint density at radius 2 is 2.04 bits per heavy atom. The first-order chi connectivity index (χ1) is 11.6. The van der Waals surface area contributed by atoms with E-state index >= 15 is 0 Å². The molecule has 24 heavy (non-hydrogen) atoms. The van der Waals surface area contributed by atoms with E-state index in [1.165, 1.54) is 6.33 Å². The second kappa shape index (κ2) is 7.41. The van der Waals surface area contributed by atoms with Crippen LogP contribution in [0, 0.1) is 10.1 Å². The Labute approximate surface area is 143 Å². The van der Waals surface area contributed by atoms with E-state index in [1.54, 1.807) is 24.3 Å². The highest BCUT2D eigenvalue weighted by atomic mass is 35.5. The third kappa shape index (κ3) is 3.90. The number of hydrogen-bond donors (Lipinski definition) is 2. The molecule has 0 amide bonds. The second-order valence-electron chi connectivity index (χ2n) is 5.32. The van der Waals surface area contributed by atoms with Crippen LogP contribution in [0.4, 0.5) is 23.0 Å². The maximum absolute atomic E-state index is 11.5. The number of ether oxygens (including phenoxy) is 1. The first-order valence-electron chi connectivity index (χ1n) is 7.51. The van der Waals surface area contributed by atoms with Crippen molar-refractivity contribution in [3.63, 3.8) is 0 Å². The minimum absolute atomic E-state index is 0.0484. The summed E-state index contributed by atoms with van der Waals surface area (Å²) >= 11 is 5.84. The van der Waals surface area contributed by atoms with Crippen molar-refractivity contribution in [3.8, 4) is 0 Å². The van der Waals surface area contributed by atoms with Gasteiger partial charge in [0.15, 0.2) is 0 Å². The zero-order valence-corrected chi connectivity index (χ0v) is 13.5. The van der Waals surface area contributed by atoms with E-state index in [0.29, 0.717) is 17.3 Å². The van der Waals surface area contributed by atoms with Gasteiger partial charge in [0.1, 0.15) is 6.33 Å². The van der Waals surface area contributed by atoms with Crippen molar-refractivity contribution in [1.82, 2.24) is 9.97 Å². The fourth-order valence-corrected chi connectivity index (χ4v) is 2.58. The molecule has 0 aliphatic carbocycles. The molecule has 0 radical (unpaired) electrons. The normalized spacial score (nSPS) is 16.8. The fourth-order valence-electron chi connectivity index (χ4n) is 2.46. The molecule has 1 aromatic carbocycles. The van der Waals surface area contributed by atoms with E-state index in [-0.39, 0.29) is 23.4 Å². The molecule has 0 saturated carbocycles. The van der Waals surface area contributed by atoms with Crippen molar-refractivity contribution in [2.24, 2.45) is 0 Å². The molecule has 1 fully saturated rings. The number of anilines is 3. The summed E-state index contributed by atoms with van der Waals surface area (Å²) in [6.07, 6.45) is 3.26. The number of rotatable bonds is 6. The van der Waals surface area contributed by atoms with Crippen LogP contribution in [0.5, 0.6) is 0 Å². The maximum atomic E-state index is 11.5. The lowest BCUT2D eigenvalue weighted by molar-refractivity contribution is -0.383. The van der Waals surface area contributed by atoms with Gasteiger partial charge in [-0.2, -0.15) is 0 Å². The number of benzene rings is 1. The zero-order valence-electron chi connectivity index (χ0n) is 12.7. The number of aromatic nitrogens is 2. The van der Waals surface area contributed by atoms with Crippen molar-refractivity contribution in [3.05, 3.63) is 45.7 Å². The highest BCUT2D eigenvalue weighted by Gasteiger charge is 2.24. The molecule has 2 N–H and O–H groups in total. The van der Waals surface area contributed by atoms with Gasteiger partial charge in [0.25, 0.3) is 0 Å². The molecular formula is C15H16ClN5O3. The first kappa shape index (κ1) is 16.4. The Balaban J connectivity index is 1.81. The molecule has 2 aromatic rings. The van der Waals surface area contributed by atoms with E-state index in [0.717, 1.165) is 19.4 Å². The lowest BCUT2D eigenvalue weighted by Gasteiger charge is -2.13. The van der Waals surface area contributed by atoms with Crippen LogP contribution in [0.25, 0.3) is 0 Å². The first-order valence-corrected chi connectivity index (χ1v) is 7.89. The quantitative estimate of drug-likeness (QED) is 0.608. The summed E-state index contributed by atoms with van der Waals surface area (Å²) in [5.74, 6) is 0.286. The summed E-state index contributed by atoms with van der Waals surface area (Å²) in [4.78, 5) is 19.0. The third-order valence-electron chi connectivity index (χ3n) is 3.63. The Morgan fingerprint density at radius 1 is 1.29 bits per heavy atom. The SMILES string of the molecule is O=[N+]([O-])c1c(NCC2CCCO2)ncnc1Nc1ccc(Cl)cc1. The second-order valence-corrected chi connectivity index (χ2v) is 5.76. The molecule has 9 heteroatoms. The van der Waals surface area contributed by atoms with Crippen molar-refractivity contribution < 1.29 is 9.66 Å². The molecule has 1 aliphatic rings. The van der Waals surface area contributed by atoms with Gasteiger partial charge in [-0.15, -0.1) is 0 Å². The van der Waals surface area contributed by atoms with Gasteiger partial charge in [0.05, 0.1) is 11.0 Å². The van der Waals surface area contributed by atoms with Crippen molar-refractivity contribution >= 4 is 34.6 Å². The standard InChI is InChI=1S/C15H16ClN5O3/c16-10-3-5-11(6-4-10)20-15-13(21(22)23)14(18-9-19-15)17-8-12-2-1-7-24-12/h3-6,9,12H,1-2,7-8H2,(H2,17,18,19,20). The van der Waals surface area contributed by atoms with E-state index in [1.807, 2.05) is 0 Å². The van der Waals surface area contributed by atoms with E-state index < -0.39 is 4.92 Å². The van der Waals surface area contributed by atoms with Crippen LogP contribution in [-0.4, -0.2) is 34.1 Å². The summed E-state index contributed by atoms with van der Waals surface area (Å²) in [6, 6.07) is 6.81. The molecule has 1 aromatic heterocycles. The number of nitro groups is 1. The molecule has 1 saturated heterocycles. The monoisotopic (exact) mass is 349 g/mol. The molecule has 8 nitrogen and oxygen atoms in total. The molecule has 126 valence electrons. The maximum Gasteiger partial charge on any atom is 0.353 e. The van der Waals surface area contributed by atoms with Crippen LogP contribution < -0.4 is 10.6 Å². The van der Waals surface area contributed by atoms with Crippen molar-refractivity contribution in [2.75, 3.05) is 23.8 Å². The van der Waals surface area contributed by atoms with Crippen LogP contribution in [-0.2, 0) is 4.74 Å². The highest BCUT2D eigenvalue weighted by molar-refractivity contribution is 6.30. The van der Waals surface area contributed by atoms with E-state index in [2.05, 4.69) is 20.6 Å². The van der Waals surface area contributed by atoms with Crippen LogP contribution in [0.2, 0.25) is 5.02 Å². The molecule has 2 heterocycles. The van der Waals surface area contributed by atoms with Gasteiger partial charge in [0, 0.05) is 23.9 Å². The van der Waals surface area contributed by atoms with Crippen LogP contribution in [0.3, 0.4) is 0 Å². The minimum Gasteiger partial charge on any atom is -0.376 e. The fraction of sp³-hybridized carbons (Fsp3) is 0.333. The molecule has 3 rings (SSSR count). The Bertz CT molecular complexity index is 720. The lowest BCUT2D eigenvalue weighted by atomic mass is 10.2. The van der Waals surface area contributed by atoms with Gasteiger partial charge in [-0.1, -0.05) is 11.6 Å². The summed E-state index contributed by atoms with van der Waals surface area (Å²) < 4.78 is 5.51. The van der Waals surface area contributed by atoms with Gasteiger partial charge >= 0.3 is 5.69 Å².